The summed E-state index contributed by atoms with van der Waals surface area (Å²) in [4.78, 5) is 23.2. The van der Waals surface area contributed by atoms with E-state index in [0.717, 1.165) is 12.8 Å². The number of nitrogens with zero attached hydrogens (tertiary/aromatic N) is 1. The van der Waals surface area contributed by atoms with Crippen molar-refractivity contribution in [2.24, 2.45) is 0 Å². The summed E-state index contributed by atoms with van der Waals surface area (Å²) >= 11 is 0. The van der Waals surface area contributed by atoms with Gasteiger partial charge in [-0.3, -0.25) is 9.59 Å². The molecule has 114 valence electrons. The highest BCUT2D eigenvalue weighted by molar-refractivity contribution is 6.05. The van der Waals surface area contributed by atoms with E-state index >= 15 is 0 Å². The average Bonchev–Trinajstić information content (AvgIpc) is 3.24. The lowest BCUT2D eigenvalue weighted by Gasteiger charge is -2.08. The molecule has 0 bridgehead atoms. The van der Waals surface area contributed by atoms with E-state index in [1.54, 1.807) is 31.2 Å². The van der Waals surface area contributed by atoms with Crippen molar-refractivity contribution in [2.45, 2.75) is 31.6 Å². The first-order valence-corrected chi connectivity index (χ1v) is 7.14. The van der Waals surface area contributed by atoms with Crippen LogP contribution in [0.2, 0.25) is 0 Å². The zero-order valence-electron chi connectivity index (χ0n) is 12.1. The minimum atomic E-state index is -0.879. The van der Waals surface area contributed by atoms with E-state index in [2.05, 4.69) is 10.5 Å². The summed E-state index contributed by atoms with van der Waals surface area (Å²) in [6.07, 6.45) is 3.44. The van der Waals surface area contributed by atoms with E-state index in [1.165, 1.54) is 6.26 Å². The lowest BCUT2D eigenvalue weighted by molar-refractivity contribution is -0.138. The van der Waals surface area contributed by atoms with Crippen molar-refractivity contribution in [1.29, 1.82) is 0 Å². The standard InChI is InChI=1S/C16H16N2O4/c1-9(16(20)21)10-4-6-12(7-5-10)17-15(19)13-8-22-18-14(13)11-2-3-11/h4-9,11H,2-3H2,1H3,(H,17,19)(H,20,21). The Hall–Kier alpha value is -2.63. The van der Waals surface area contributed by atoms with Crippen molar-refractivity contribution in [3.05, 3.63) is 47.3 Å². The Bertz CT molecular complexity index is 701. The molecular weight excluding hydrogens is 284 g/mol. The highest BCUT2D eigenvalue weighted by Crippen LogP contribution is 2.40. The predicted molar refractivity (Wildman–Crippen MR) is 78.9 cm³/mol. The molecule has 1 aromatic heterocycles. The van der Waals surface area contributed by atoms with Crippen molar-refractivity contribution in [3.8, 4) is 0 Å². The van der Waals surface area contributed by atoms with Crippen LogP contribution in [0.1, 0.15) is 53.2 Å². The Morgan fingerprint density at radius 3 is 2.59 bits per heavy atom. The molecule has 0 saturated heterocycles. The molecule has 22 heavy (non-hydrogen) atoms. The van der Waals surface area contributed by atoms with Gasteiger partial charge in [-0.05, 0) is 37.5 Å². The Balaban J connectivity index is 1.71. The number of hydrogen-bond donors (Lipinski definition) is 2. The number of carbonyl (C=O) groups is 2. The number of aliphatic carboxylic acids is 1. The molecule has 0 aliphatic heterocycles. The second-order valence-corrected chi connectivity index (χ2v) is 5.52. The van der Waals surface area contributed by atoms with Gasteiger partial charge in [0, 0.05) is 11.6 Å². The Labute approximate surface area is 127 Å². The summed E-state index contributed by atoms with van der Waals surface area (Å²) in [5, 5.41) is 15.6. The number of benzene rings is 1. The van der Waals surface area contributed by atoms with Gasteiger partial charge < -0.3 is 14.9 Å². The number of carbonyl (C=O) groups excluding carboxylic acids is 1. The van der Waals surface area contributed by atoms with Crippen molar-refractivity contribution in [1.82, 2.24) is 5.16 Å². The molecule has 1 aliphatic rings. The van der Waals surface area contributed by atoms with Gasteiger partial charge in [0.2, 0.25) is 0 Å². The number of carboxylic acids is 1. The Morgan fingerprint density at radius 1 is 1.32 bits per heavy atom. The highest BCUT2D eigenvalue weighted by atomic mass is 16.5. The van der Waals surface area contributed by atoms with Crippen molar-refractivity contribution in [2.75, 3.05) is 5.32 Å². The third kappa shape index (κ3) is 2.86. The number of anilines is 1. The predicted octanol–water partition coefficient (Wildman–Crippen LogP) is 2.99. The number of amides is 1. The Kier molecular flexibility index (Phi) is 3.66. The molecule has 6 heteroatoms. The summed E-state index contributed by atoms with van der Waals surface area (Å²) in [5.74, 6) is -1.39. The normalized spacial score (nSPS) is 15.3. The maximum atomic E-state index is 12.3. The van der Waals surface area contributed by atoms with Gasteiger partial charge in [-0.25, -0.2) is 0 Å². The minimum absolute atomic E-state index is 0.262. The van der Waals surface area contributed by atoms with Gasteiger partial charge >= 0.3 is 5.97 Å². The third-order valence-corrected chi connectivity index (χ3v) is 3.85. The van der Waals surface area contributed by atoms with Gasteiger partial charge in [0.15, 0.2) is 0 Å². The number of carboxylic acid groups (broad SMARTS) is 1. The molecule has 0 spiro atoms. The van der Waals surface area contributed by atoms with Crippen LogP contribution < -0.4 is 5.32 Å². The van der Waals surface area contributed by atoms with Crippen LogP contribution in [-0.4, -0.2) is 22.1 Å². The molecule has 3 rings (SSSR count). The molecule has 1 fully saturated rings. The summed E-state index contributed by atoms with van der Waals surface area (Å²) in [5.41, 5.74) is 2.47. The largest absolute Gasteiger partial charge is 0.481 e. The van der Waals surface area contributed by atoms with Crippen LogP contribution in [0.4, 0.5) is 5.69 Å². The Morgan fingerprint density at radius 2 is 2.00 bits per heavy atom. The minimum Gasteiger partial charge on any atom is -0.481 e. The van der Waals surface area contributed by atoms with E-state index in [0.29, 0.717) is 28.4 Å². The zero-order valence-corrected chi connectivity index (χ0v) is 12.1. The van der Waals surface area contributed by atoms with Crippen molar-refractivity contribution in [3.63, 3.8) is 0 Å². The smallest absolute Gasteiger partial charge is 0.310 e. The quantitative estimate of drug-likeness (QED) is 0.885. The molecule has 2 aromatic rings. The second kappa shape index (κ2) is 5.63. The maximum Gasteiger partial charge on any atom is 0.310 e. The van der Waals surface area contributed by atoms with Gasteiger partial charge in [-0.1, -0.05) is 17.3 Å². The number of hydrogen-bond acceptors (Lipinski definition) is 4. The van der Waals surface area contributed by atoms with Crippen molar-refractivity contribution >= 4 is 17.6 Å². The molecule has 1 heterocycles. The van der Waals surface area contributed by atoms with E-state index in [9.17, 15) is 9.59 Å². The van der Waals surface area contributed by atoms with E-state index < -0.39 is 11.9 Å². The van der Waals surface area contributed by atoms with Gasteiger partial charge in [0.25, 0.3) is 5.91 Å². The molecule has 1 saturated carbocycles. The lowest BCUT2D eigenvalue weighted by Crippen LogP contribution is -2.13. The average molecular weight is 300 g/mol. The number of aromatic nitrogens is 1. The van der Waals surface area contributed by atoms with E-state index in [4.69, 9.17) is 9.63 Å². The second-order valence-electron chi connectivity index (χ2n) is 5.52. The maximum absolute atomic E-state index is 12.3. The van der Waals surface area contributed by atoms with Crippen LogP contribution >= 0.6 is 0 Å². The molecule has 1 atom stereocenters. The zero-order chi connectivity index (χ0) is 15.7. The van der Waals surface area contributed by atoms with Crippen LogP contribution in [0.25, 0.3) is 0 Å². The van der Waals surface area contributed by atoms with Gasteiger partial charge in [-0.15, -0.1) is 0 Å². The van der Waals surface area contributed by atoms with Gasteiger partial charge in [-0.2, -0.15) is 0 Å². The molecule has 1 amide bonds. The topological polar surface area (TPSA) is 92.4 Å². The lowest BCUT2D eigenvalue weighted by atomic mass is 10.0. The van der Waals surface area contributed by atoms with E-state index in [-0.39, 0.29) is 5.91 Å². The molecule has 1 aliphatic carbocycles. The number of nitrogens with one attached hydrogen (secondary N) is 1. The molecule has 2 N–H and O–H groups in total. The first kappa shape index (κ1) is 14.3. The van der Waals surface area contributed by atoms with Crippen LogP contribution in [0.15, 0.2) is 35.1 Å². The number of rotatable bonds is 5. The summed E-state index contributed by atoms with van der Waals surface area (Å²) in [7, 11) is 0. The first-order valence-electron chi connectivity index (χ1n) is 7.14. The summed E-state index contributed by atoms with van der Waals surface area (Å²) in [6, 6.07) is 6.78. The highest BCUT2D eigenvalue weighted by Gasteiger charge is 2.31. The van der Waals surface area contributed by atoms with Crippen LogP contribution in [0, 0.1) is 0 Å². The fourth-order valence-electron chi connectivity index (χ4n) is 2.26. The van der Waals surface area contributed by atoms with Crippen LogP contribution in [-0.2, 0) is 4.79 Å². The van der Waals surface area contributed by atoms with E-state index in [1.807, 2.05) is 0 Å². The monoisotopic (exact) mass is 300 g/mol. The first-order chi connectivity index (χ1) is 10.6. The third-order valence-electron chi connectivity index (χ3n) is 3.85. The molecular formula is C16H16N2O4. The van der Waals surface area contributed by atoms with Crippen LogP contribution in [0.3, 0.4) is 0 Å². The van der Waals surface area contributed by atoms with Gasteiger partial charge in [0.1, 0.15) is 11.8 Å². The SMILES string of the molecule is CC(C(=O)O)c1ccc(NC(=O)c2conc2C2CC2)cc1. The van der Waals surface area contributed by atoms with Gasteiger partial charge in [0.05, 0.1) is 11.6 Å². The summed E-state index contributed by atoms with van der Waals surface area (Å²) < 4.78 is 4.91. The van der Waals surface area contributed by atoms with Crippen molar-refractivity contribution < 1.29 is 19.2 Å². The molecule has 1 aromatic carbocycles. The molecule has 1 unspecified atom stereocenters. The fraction of sp³-hybridized carbons (Fsp3) is 0.312. The molecule has 6 nitrogen and oxygen atoms in total. The molecule has 0 radical (unpaired) electrons. The van der Waals surface area contributed by atoms with Crippen LogP contribution in [0.5, 0.6) is 0 Å². The fourth-order valence-corrected chi connectivity index (χ4v) is 2.26. The summed E-state index contributed by atoms with van der Waals surface area (Å²) in [6.45, 7) is 1.62.